The van der Waals surface area contributed by atoms with Crippen LogP contribution in [-0.4, -0.2) is 26.4 Å². The van der Waals surface area contributed by atoms with Crippen molar-refractivity contribution in [2.24, 2.45) is 0 Å². The Balaban J connectivity index is 2.26. The standard InChI is InChI=1S/C16H15N3O3/c1-16(2)15(21)14(19-9-18-6-5-13(19)20)11-7-10(8-17)3-4-12(11)22-16/h3-7,9,14-15,21H,1-2H3/t14-,15+/m0/s1. The lowest BCUT2D eigenvalue weighted by atomic mass is 9.85. The van der Waals surface area contributed by atoms with Crippen molar-refractivity contribution in [1.29, 1.82) is 5.26 Å². The third-order valence-electron chi connectivity index (χ3n) is 3.89. The topological polar surface area (TPSA) is 88.1 Å². The molecule has 0 aliphatic carbocycles. The summed E-state index contributed by atoms with van der Waals surface area (Å²) < 4.78 is 7.20. The van der Waals surface area contributed by atoms with Crippen LogP contribution in [0.5, 0.6) is 5.75 Å². The first kappa shape index (κ1) is 14.3. The third-order valence-corrected chi connectivity index (χ3v) is 3.89. The van der Waals surface area contributed by atoms with Gasteiger partial charge in [0, 0.05) is 17.8 Å². The summed E-state index contributed by atoms with van der Waals surface area (Å²) in [6.07, 6.45) is 1.83. The Morgan fingerprint density at radius 2 is 2.18 bits per heavy atom. The van der Waals surface area contributed by atoms with E-state index in [9.17, 15) is 9.90 Å². The van der Waals surface area contributed by atoms with Gasteiger partial charge >= 0.3 is 0 Å². The largest absolute Gasteiger partial charge is 0.485 e. The van der Waals surface area contributed by atoms with E-state index in [0.717, 1.165) is 0 Å². The van der Waals surface area contributed by atoms with Gasteiger partial charge in [0.25, 0.3) is 5.56 Å². The minimum atomic E-state index is -0.962. The van der Waals surface area contributed by atoms with Crippen molar-refractivity contribution in [2.45, 2.75) is 31.6 Å². The number of aromatic nitrogens is 2. The molecule has 1 aliphatic rings. The van der Waals surface area contributed by atoms with Crippen LogP contribution >= 0.6 is 0 Å². The number of hydrogen-bond acceptors (Lipinski definition) is 5. The number of nitriles is 1. The van der Waals surface area contributed by atoms with Crippen molar-refractivity contribution in [3.05, 3.63) is 58.3 Å². The molecule has 2 atom stereocenters. The summed E-state index contributed by atoms with van der Waals surface area (Å²) in [5.41, 5.74) is -0.108. The fourth-order valence-corrected chi connectivity index (χ4v) is 2.71. The molecule has 0 radical (unpaired) electrons. The van der Waals surface area contributed by atoms with Gasteiger partial charge in [0.2, 0.25) is 0 Å². The molecule has 2 aromatic rings. The molecular formula is C16H15N3O3. The molecule has 0 saturated heterocycles. The van der Waals surface area contributed by atoms with Crippen LogP contribution in [0.4, 0.5) is 0 Å². The van der Waals surface area contributed by atoms with E-state index in [4.69, 9.17) is 10.00 Å². The van der Waals surface area contributed by atoms with E-state index >= 15 is 0 Å². The van der Waals surface area contributed by atoms with Crippen LogP contribution in [-0.2, 0) is 0 Å². The van der Waals surface area contributed by atoms with Gasteiger partial charge in [0.15, 0.2) is 0 Å². The minimum Gasteiger partial charge on any atom is -0.485 e. The molecule has 3 rings (SSSR count). The Morgan fingerprint density at radius 1 is 1.41 bits per heavy atom. The second-order valence-electron chi connectivity index (χ2n) is 5.79. The molecule has 1 aliphatic heterocycles. The van der Waals surface area contributed by atoms with Crippen LogP contribution in [0.25, 0.3) is 0 Å². The lowest BCUT2D eigenvalue weighted by Gasteiger charge is -2.42. The highest BCUT2D eigenvalue weighted by atomic mass is 16.5. The number of fused-ring (bicyclic) bond motifs is 1. The second-order valence-corrected chi connectivity index (χ2v) is 5.79. The summed E-state index contributed by atoms with van der Waals surface area (Å²) in [6, 6.07) is 7.71. The van der Waals surface area contributed by atoms with E-state index in [-0.39, 0.29) is 5.56 Å². The highest BCUT2D eigenvalue weighted by Gasteiger charge is 2.44. The maximum absolute atomic E-state index is 12.1. The molecule has 112 valence electrons. The molecule has 1 aromatic carbocycles. The smallest absolute Gasteiger partial charge is 0.253 e. The van der Waals surface area contributed by atoms with Crippen LogP contribution in [0, 0.1) is 11.3 Å². The van der Waals surface area contributed by atoms with Crippen LogP contribution in [0.1, 0.15) is 31.0 Å². The SMILES string of the molecule is CC1(C)Oc2ccc(C#N)cc2[C@H](n2cnccc2=O)[C@H]1O. The first-order chi connectivity index (χ1) is 10.4. The predicted molar refractivity (Wildman–Crippen MR) is 78.5 cm³/mol. The van der Waals surface area contributed by atoms with Crippen molar-refractivity contribution in [3.63, 3.8) is 0 Å². The molecule has 0 bridgehead atoms. The molecule has 0 spiro atoms. The van der Waals surface area contributed by atoms with Crippen molar-refractivity contribution >= 4 is 0 Å². The summed E-state index contributed by atoms with van der Waals surface area (Å²) in [4.78, 5) is 16.1. The Hall–Kier alpha value is -2.65. The maximum atomic E-state index is 12.1. The normalized spacial score (nSPS) is 22.3. The van der Waals surface area contributed by atoms with Gasteiger partial charge < -0.3 is 9.84 Å². The fraction of sp³-hybridized carbons (Fsp3) is 0.312. The molecule has 2 heterocycles. The Kier molecular flexibility index (Phi) is 3.23. The molecule has 0 unspecified atom stereocenters. The van der Waals surface area contributed by atoms with Gasteiger partial charge in [-0.2, -0.15) is 5.26 Å². The zero-order valence-corrected chi connectivity index (χ0v) is 12.2. The van der Waals surface area contributed by atoms with Crippen LogP contribution in [0.2, 0.25) is 0 Å². The van der Waals surface area contributed by atoms with Gasteiger partial charge in [0.1, 0.15) is 17.5 Å². The van der Waals surface area contributed by atoms with Gasteiger partial charge in [-0.1, -0.05) is 0 Å². The first-order valence-electron chi connectivity index (χ1n) is 6.87. The lowest BCUT2D eigenvalue weighted by molar-refractivity contribution is -0.0644. The molecule has 6 nitrogen and oxygen atoms in total. The molecule has 0 amide bonds. The average molecular weight is 297 g/mol. The molecule has 0 saturated carbocycles. The summed E-state index contributed by atoms with van der Waals surface area (Å²) in [7, 11) is 0. The Bertz CT molecular complexity index is 820. The number of nitrogens with zero attached hydrogens (tertiary/aromatic N) is 3. The number of aliphatic hydroxyl groups excluding tert-OH is 1. The van der Waals surface area contributed by atoms with E-state index in [1.165, 1.54) is 23.2 Å². The van der Waals surface area contributed by atoms with E-state index in [0.29, 0.717) is 16.9 Å². The van der Waals surface area contributed by atoms with Gasteiger partial charge in [-0.25, -0.2) is 4.98 Å². The molecular weight excluding hydrogens is 282 g/mol. The summed E-state index contributed by atoms with van der Waals surface area (Å²) in [5, 5.41) is 19.8. The van der Waals surface area contributed by atoms with Crippen LogP contribution in [0.15, 0.2) is 41.6 Å². The molecule has 6 heteroatoms. The third kappa shape index (κ3) is 2.16. The summed E-state index contributed by atoms with van der Waals surface area (Å²) >= 11 is 0. The van der Waals surface area contributed by atoms with Gasteiger partial charge in [0.05, 0.1) is 24.0 Å². The Labute approximate surface area is 127 Å². The van der Waals surface area contributed by atoms with Crippen molar-refractivity contribution in [2.75, 3.05) is 0 Å². The highest BCUT2D eigenvalue weighted by Crippen LogP contribution is 2.41. The zero-order valence-electron chi connectivity index (χ0n) is 12.2. The van der Waals surface area contributed by atoms with Gasteiger partial charge in [-0.3, -0.25) is 9.36 Å². The van der Waals surface area contributed by atoms with Gasteiger partial charge in [-0.15, -0.1) is 0 Å². The van der Waals surface area contributed by atoms with E-state index in [1.807, 2.05) is 0 Å². The van der Waals surface area contributed by atoms with Crippen LogP contribution < -0.4 is 10.3 Å². The van der Waals surface area contributed by atoms with E-state index in [2.05, 4.69) is 11.1 Å². The highest BCUT2D eigenvalue weighted by molar-refractivity contribution is 5.46. The quantitative estimate of drug-likeness (QED) is 0.855. The monoisotopic (exact) mass is 297 g/mol. The second kappa shape index (κ2) is 4.97. The number of ether oxygens (including phenoxy) is 1. The minimum absolute atomic E-state index is 0.273. The predicted octanol–water partition coefficient (Wildman–Crippen LogP) is 1.24. The number of hydrogen-bond donors (Lipinski definition) is 1. The van der Waals surface area contributed by atoms with Crippen molar-refractivity contribution in [3.8, 4) is 11.8 Å². The van der Waals surface area contributed by atoms with Crippen molar-refractivity contribution < 1.29 is 9.84 Å². The van der Waals surface area contributed by atoms with Gasteiger partial charge in [-0.05, 0) is 32.0 Å². The molecule has 1 aromatic heterocycles. The molecule has 1 N–H and O–H groups in total. The number of aliphatic hydroxyl groups is 1. The summed E-state index contributed by atoms with van der Waals surface area (Å²) in [5.74, 6) is 0.551. The number of benzene rings is 1. The Morgan fingerprint density at radius 3 is 2.86 bits per heavy atom. The first-order valence-corrected chi connectivity index (χ1v) is 6.87. The number of rotatable bonds is 1. The lowest BCUT2D eigenvalue weighted by Crippen LogP contribution is -2.52. The van der Waals surface area contributed by atoms with Crippen molar-refractivity contribution in [1.82, 2.24) is 9.55 Å². The zero-order chi connectivity index (χ0) is 15.9. The van der Waals surface area contributed by atoms with Crippen LogP contribution in [0.3, 0.4) is 0 Å². The summed E-state index contributed by atoms with van der Waals surface area (Å²) in [6.45, 7) is 3.51. The van der Waals surface area contributed by atoms with E-state index in [1.54, 1.807) is 32.0 Å². The molecule has 0 fully saturated rings. The molecule has 22 heavy (non-hydrogen) atoms. The average Bonchev–Trinajstić information content (AvgIpc) is 2.49. The maximum Gasteiger partial charge on any atom is 0.253 e. The fourth-order valence-electron chi connectivity index (χ4n) is 2.71. The van der Waals surface area contributed by atoms with E-state index < -0.39 is 17.7 Å².